The molecule has 0 fully saturated rings. The van der Waals surface area contributed by atoms with Crippen LogP contribution in [0.3, 0.4) is 0 Å². The van der Waals surface area contributed by atoms with Crippen LogP contribution in [0.2, 0.25) is 0 Å². The number of benzene rings is 1. The van der Waals surface area contributed by atoms with Gasteiger partial charge >= 0.3 is 5.97 Å². The van der Waals surface area contributed by atoms with Crippen LogP contribution < -0.4 is 15.4 Å². The molecule has 7 nitrogen and oxygen atoms in total. The Morgan fingerprint density at radius 2 is 1.97 bits per heavy atom. The van der Waals surface area contributed by atoms with Gasteiger partial charge in [-0.2, -0.15) is 0 Å². The van der Waals surface area contributed by atoms with E-state index in [1.165, 1.54) is 4.88 Å². The van der Waals surface area contributed by atoms with Crippen molar-refractivity contribution >= 4 is 34.7 Å². The molecule has 2 aromatic heterocycles. The maximum Gasteiger partial charge on any atom is 0.342 e. The zero-order chi connectivity index (χ0) is 20.5. The SMILES string of the molecule is COc1ccccc1Nc1ncccc1C(=O)OCC(=O)NCCc1cccs1. The van der Waals surface area contributed by atoms with E-state index in [9.17, 15) is 9.59 Å². The Labute approximate surface area is 172 Å². The molecule has 3 rings (SSSR count). The number of anilines is 2. The fourth-order valence-electron chi connectivity index (χ4n) is 2.58. The summed E-state index contributed by atoms with van der Waals surface area (Å²) in [5, 5.41) is 7.80. The Hall–Kier alpha value is -3.39. The number of ether oxygens (including phenoxy) is 2. The highest BCUT2D eigenvalue weighted by molar-refractivity contribution is 7.09. The number of nitrogens with one attached hydrogen (secondary N) is 2. The highest BCUT2D eigenvalue weighted by atomic mass is 32.1. The van der Waals surface area contributed by atoms with E-state index in [0.717, 1.165) is 6.42 Å². The lowest BCUT2D eigenvalue weighted by Gasteiger charge is -2.13. The van der Waals surface area contributed by atoms with Crippen molar-refractivity contribution in [2.45, 2.75) is 6.42 Å². The third-order valence-electron chi connectivity index (χ3n) is 4.00. The molecule has 2 heterocycles. The molecular weight excluding hydrogens is 390 g/mol. The van der Waals surface area contributed by atoms with Gasteiger partial charge in [0.15, 0.2) is 6.61 Å². The first kappa shape index (κ1) is 20.3. The number of para-hydroxylation sites is 2. The smallest absolute Gasteiger partial charge is 0.342 e. The number of carbonyl (C=O) groups is 2. The van der Waals surface area contributed by atoms with Crippen molar-refractivity contribution in [3.05, 3.63) is 70.5 Å². The van der Waals surface area contributed by atoms with Crippen LogP contribution in [0.1, 0.15) is 15.2 Å². The average molecular weight is 411 g/mol. The third kappa shape index (κ3) is 5.79. The molecule has 29 heavy (non-hydrogen) atoms. The van der Waals surface area contributed by atoms with E-state index in [0.29, 0.717) is 23.8 Å². The van der Waals surface area contributed by atoms with Crippen LogP contribution in [0.25, 0.3) is 0 Å². The summed E-state index contributed by atoms with van der Waals surface area (Å²) in [4.78, 5) is 29.8. The number of carbonyl (C=O) groups excluding carboxylic acids is 2. The van der Waals surface area contributed by atoms with Crippen LogP contribution in [0, 0.1) is 0 Å². The molecule has 0 atom stereocenters. The number of aromatic nitrogens is 1. The molecule has 8 heteroatoms. The Balaban J connectivity index is 1.56. The van der Waals surface area contributed by atoms with Gasteiger partial charge in [0.1, 0.15) is 17.1 Å². The molecule has 0 radical (unpaired) electrons. The largest absolute Gasteiger partial charge is 0.495 e. The van der Waals surface area contributed by atoms with E-state index in [-0.39, 0.29) is 18.1 Å². The first-order valence-corrected chi connectivity index (χ1v) is 9.86. The van der Waals surface area contributed by atoms with Crippen LogP contribution >= 0.6 is 11.3 Å². The Morgan fingerprint density at radius 1 is 1.10 bits per heavy atom. The maximum absolute atomic E-state index is 12.5. The second-order valence-corrected chi connectivity index (χ2v) is 7.01. The number of thiophene rings is 1. The van der Waals surface area contributed by atoms with Gasteiger partial charge in [-0.3, -0.25) is 4.79 Å². The predicted octanol–water partition coefficient (Wildman–Crippen LogP) is 3.41. The summed E-state index contributed by atoms with van der Waals surface area (Å²) in [6.07, 6.45) is 2.30. The molecule has 0 saturated heterocycles. The van der Waals surface area contributed by atoms with Crippen molar-refractivity contribution in [2.75, 3.05) is 25.6 Å². The van der Waals surface area contributed by atoms with E-state index in [4.69, 9.17) is 9.47 Å². The van der Waals surface area contributed by atoms with Gasteiger partial charge in [-0.25, -0.2) is 9.78 Å². The molecule has 0 bridgehead atoms. The number of esters is 1. The molecule has 2 N–H and O–H groups in total. The molecule has 0 unspecified atom stereocenters. The topological polar surface area (TPSA) is 89.6 Å². The highest BCUT2D eigenvalue weighted by Gasteiger charge is 2.16. The fourth-order valence-corrected chi connectivity index (χ4v) is 3.29. The fraction of sp³-hybridized carbons (Fsp3) is 0.190. The summed E-state index contributed by atoms with van der Waals surface area (Å²) >= 11 is 1.64. The summed E-state index contributed by atoms with van der Waals surface area (Å²) in [6, 6.07) is 14.5. The molecule has 3 aromatic rings. The summed E-state index contributed by atoms with van der Waals surface area (Å²) in [5.74, 6) is -0.0513. The molecule has 0 spiro atoms. The molecule has 1 amide bonds. The van der Waals surface area contributed by atoms with Gasteiger partial charge < -0.3 is 20.1 Å². The first-order valence-electron chi connectivity index (χ1n) is 8.98. The summed E-state index contributed by atoms with van der Waals surface area (Å²) in [7, 11) is 1.56. The van der Waals surface area contributed by atoms with E-state index < -0.39 is 5.97 Å². The number of amides is 1. The number of hydrogen-bond acceptors (Lipinski definition) is 7. The van der Waals surface area contributed by atoms with Crippen molar-refractivity contribution in [3.8, 4) is 5.75 Å². The van der Waals surface area contributed by atoms with Crippen LogP contribution in [-0.2, 0) is 16.0 Å². The van der Waals surface area contributed by atoms with Gasteiger partial charge in [0.2, 0.25) is 0 Å². The maximum atomic E-state index is 12.5. The van der Waals surface area contributed by atoms with Crippen molar-refractivity contribution in [3.63, 3.8) is 0 Å². The molecular formula is C21H21N3O4S. The van der Waals surface area contributed by atoms with Gasteiger partial charge in [-0.05, 0) is 42.1 Å². The molecule has 0 aliphatic heterocycles. The average Bonchev–Trinajstić information content (AvgIpc) is 3.26. The van der Waals surface area contributed by atoms with Gasteiger partial charge in [-0.1, -0.05) is 18.2 Å². The second-order valence-electron chi connectivity index (χ2n) is 5.98. The van der Waals surface area contributed by atoms with Gasteiger partial charge in [-0.15, -0.1) is 11.3 Å². The summed E-state index contributed by atoms with van der Waals surface area (Å²) in [5.41, 5.74) is 0.888. The van der Waals surface area contributed by atoms with Crippen LogP contribution in [0.4, 0.5) is 11.5 Å². The zero-order valence-electron chi connectivity index (χ0n) is 15.9. The quantitative estimate of drug-likeness (QED) is 0.525. The van der Waals surface area contributed by atoms with Crippen LogP contribution in [-0.4, -0.2) is 37.1 Å². The third-order valence-corrected chi connectivity index (χ3v) is 4.93. The van der Waals surface area contributed by atoms with E-state index >= 15 is 0 Å². The number of rotatable bonds is 9. The Morgan fingerprint density at radius 3 is 2.76 bits per heavy atom. The predicted molar refractivity (Wildman–Crippen MR) is 112 cm³/mol. The van der Waals surface area contributed by atoms with Crippen LogP contribution in [0.5, 0.6) is 5.75 Å². The number of methoxy groups -OCH3 is 1. The van der Waals surface area contributed by atoms with Gasteiger partial charge in [0.25, 0.3) is 5.91 Å². The van der Waals surface area contributed by atoms with Crippen molar-refractivity contribution in [1.29, 1.82) is 0 Å². The van der Waals surface area contributed by atoms with Crippen molar-refractivity contribution in [1.82, 2.24) is 10.3 Å². The lowest BCUT2D eigenvalue weighted by Crippen LogP contribution is -2.30. The lowest BCUT2D eigenvalue weighted by molar-refractivity contribution is -0.124. The number of nitrogens with zero attached hydrogens (tertiary/aromatic N) is 1. The zero-order valence-corrected chi connectivity index (χ0v) is 16.7. The van der Waals surface area contributed by atoms with Gasteiger partial charge in [0, 0.05) is 17.6 Å². The molecule has 1 aromatic carbocycles. The Bertz CT molecular complexity index is 960. The minimum absolute atomic E-state index is 0.227. The summed E-state index contributed by atoms with van der Waals surface area (Å²) < 4.78 is 10.5. The number of pyridine rings is 1. The van der Waals surface area contributed by atoms with Gasteiger partial charge in [0.05, 0.1) is 12.8 Å². The van der Waals surface area contributed by atoms with Crippen LogP contribution in [0.15, 0.2) is 60.1 Å². The van der Waals surface area contributed by atoms with E-state index in [1.807, 2.05) is 35.7 Å². The first-order chi connectivity index (χ1) is 14.2. The minimum atomic E-state index is -0.635. The highest BCUT2D eigenvalue weighted by Crippen LogP contribution is 2.27. The standard InChI is InChI=1S/C21H21N3O4S/c1-27-18-9-3-2-8-17(18)24-20-16(7-4-11-23-20)21(26)28-14-19(25)22-12-10-15-6-5-13-29-15/h2-9,11,13H,10,12,14H2,1H3,(H,22,25)(H,23,24). The van der Waals surface area contributed by atoms with Crippen molar-refractivity contribution < 1.29 is 19.1 Å². The van der Waals surface area contributed by atoms with Crippen molar-refractivity contribution in [2.24, 2.45) is 0 Å². The van der Waals surface area contributed by atoms with E-state index in [2.05, 4.69) is 15.6 Å². The minimum Gasteiger partial charge on any atom is -0.495 e. The Kier molecular flexibility index (Phi) is 7.18. The van der Waals surface area contributed by atoms with E-state index in [1.54, 1.807) is 42.8 Å². The normalized spacial score (nSPS) is 10.2. The second kappa shape index (κ2) is 10.2. The summed E-state index contributed by atoms with van der Waals surface area (Å²) in [6.45, 7) is 0.136. The molecule has 150 valence electrons. The monoisotopic (exact) mass is 411 g/mol. The molecule has 0 saturated carbocycles. The molecule has 0 aliphatic carbocycles. The lowest BCUT2D eigenvalue weighted by atomic mass is 10.2. The molecule has 0 aliphatic rings. The number of hydrogen-bond donors (Lipinski definition) is 2.